The zero-order valence-corrected chi connectivity index (χ0v) is 20.4. The molecule has 0 bridgehead atoms. The van der Waals surface area contributed by atoms with Gasteiger partial charge in [-0.3, -0.25) is 9.59 Å². The van der Waals surface area contributed by atoms with E-state index in [2.05, 4.69) is 17.4 Å². The molecular weight excluding hydrogens is 469 g/mol. The number of hydrogen-bond donors (Lipinski definition) is 2. The van der Waals surface area contributed by atoms with Crippen molar-refractivity contribution in [3.63, 3.8) is 0 Å². The largest absolute Gasteiger partial charge is 0.481 e. The van der Waals surface area contributed by atoms with Crippen molar-refractivity contribution in [2.24, 2.45) is 0 Å². The lowest BCUT2D eigenvalue weighted by atomic mass is 9.87. The molecule has 7 heteroatoms. The number of nitrogens with zero attached hydrogens (tertiary/aromatic N) is 2. The molecule has 0 fully saturated rings. The van der Waals surface area contributed by atoms with Crippen molar-refractivity contribution < 1.29 is 19.1 Å². The van der Waals surface area contributed by atoms with Gasteiger partial charge >= 0.3 is 5.97 Å². The fraction of sp³-hybridized carbons (Fsp3) is 0.267. The first-order valence-corrected chi connectivity index (χ1v) is 12.6. The van der Waals surface area contributed by atoms with E-state index in [-0.39, 0.29) is 24.2 Å². The van der Waals surface area contributed by atoms with Gasteiger partial charge in [0, 0.05) is 17.5 Å². The number of aliphatic carboxylic acids is 1. The summed E-state index contributed by atoms with van der Waals surface area (Å²) in [5.41, 5.74) is 6.27. The second-order valence-electron chi connectivity index (χ2n) is 9.45. The number of rotatable bonds is 8. The number of aryl methyl sites for hydroxylation is 2. The summed E-state index contributed by atoms with van der Waals surface area (Å²) in [5.74, 6) is -1.33. The molecule has 2 N–H and O–H groups in total. The van der Waals surface area contributed by atoms with E-state index in [0.29, 0.717) is 47.2 Å². The van der Waals surface area contributed by atoms with Crippen molar-refractivity contribution in [1.29, 1.82) is 0 Å². The fourth-order valence-corrected chi connectivity index (χ4v) is 4.96. The number of carboxylic acid groups (broad SMARTS) is 1. The summed E-state index contributed by atoms with van der Waals surface area (Å²) >= 11 is 0. The molecule has 1 amide bonds. The standard InChI is InChI=1S/C30H28FN3O3/c31-22-15-12-20(13-16-22)29-26(9-3-4-11-28(35)36)32-27-18-21(14-17-25(27)33-29)30(37)34-24-10-5-7-19-6-1-2-8-23(19)24/h1-2,6,8,12-18,24H,3-5,7,9-11H2,(H,34,37)(H,35,36)/t24-/m0/s1. The highest BCUT2D eigenvalue weighted by atomic mass is 19.1. The number of carbonyl (C=O) groups is 2. The maximum Gasteiger partial charge on any atom is 0.303 e. The summed E-state index contributed by atoms with van der Waals surface area (Å²) in [7, 11) is 0. The quantitative estimate of drug-likeness (QED) is 0.290. The van der Waals surface area contributed by atoms with E-state index in [0.717, 1.165) is 24.8 Å². The fourth-order valence-electron chi connectivity index (χ4n) is 4.96. The number of unbranched alkanes of at least 4 members (excludes halogenated alkanes) is 1. The van der Waals surface area contributed by atoms with Gasteiger partial charge in [0.05, 0.1) is 28.5 Å². The van der Waals surface area contributed by atoms with Gasteiger partial charge in [-0.25, -0.2) is 14.4 Å². The molecule has 3 aromatic carbocycles. The Kier molecular flexibility index (Phi) is 7.21. The Balaban J connectivity index is 1.43. The Hall–Kier alpha value is -4.13. The first-order chi connectivity index (χ1) is 18.0. The predicted molar refractivity (Wildman–Crippen MR) is 140 cm³/mol. The van der Waals surface area contributed by atoms with Crippen LogP contribution in [-0.2, 0) is 17.6 Å². The van der Waals surface area contributed by atoms with Crippen LogP contribution in [0.1, 0.15) is 65.3 Å². The summed E-state index contributed by atoms with van der Waals surface area (Å²) in [6.45, 7) is 0. The summed E-state index contributed by atoms with van der Waals surface area (Å²) in [5, 5.41) is 12.2. The molecule has 188 valence electrons. The van der Waals surface area contributed by atoms with Crippen LogP contribution in [0.4, 0.5) is 4.39 Å². The van der Waals surface area contributed by atoms with E-state index < -0.39 is 5.97 Å². The molecule has 0 unspecified atom stereocenters. The van der Waals surface area contributed by atoms with Crippen LogP contribution in [0.2, 0.25) is 0 Å². The molecule has 4 aromatic rings. The zero-order chi connectivity index (χ0) is 25.8. The number of aromatic nitrogens is 2. The van der Waals surface area contributed by atoms with Crippen molar-refractivity contribution >= 4 is 22.9 Å². The summed E-state index contributed by atoms with van der Waals surface area (Å²) in [4.78, 5) is 33.7. The second-order valence-corrected chi connectivity index (χ2v) is 9.45. The smallest absolute Gasteiger partial charge is 0.303 e. The van der Waals surface area contributed by atoms with Crippen LogP contribution >= 0.6 is 0 Å². The molecule has 0 saturated heterocycles. The van der Waals surface area contributed by atoms with Gasteiger partial charge in [0.1, 0.15) is 5.82 Å². The molecule has 5 rings (SSSR count). The Bertz CT molecular complexity index is 1450. The summed E-state index contributed by atoms with van der Waals surface area (Å²) in [6.07, 6.45) is 4.71. The number of carboxylic acids is 1. The SMILES string of the molecule is O=C(O)CCCCc1nc2cc(C(=O)N[C@H]3CCCc4ccccc43)ccc2nc1-c1ccc(F)cc1. The molecule has 1 heterocycles. The third-order valence-electron chi connectivity index (χ3n) is 6.85. The highest BCUT2D eigenvalue weighted by molar-refractivity contribution is 5.97. The van der Waals surface area contributed by atoms with Crippen LogP contribution in [0.5, 0.6) is 0 Å². The molecule has 1 aliphatic rings. The maximum atomic E-state index is 13.5. The van der Waals surface area contributed by atoms with Gasteiger partial charge in [-0.1, -0.05) is 24.3 Å². The molecule has 0 spiro atoms. The van der Waals surface area contributed by atoms with Crippen LogP contribution in [0.25, 0.3) is 22.3 Å². The minimum atomic E-state index is -0.834. The summed E-state index contributed by atoms with van der Waals surface area (Å²) < 4.78 is 13.5. The average Bonchev–Trinajstić information content (AvgIpc) is 2.91. The Morgan fingerprint density at radius 1 is 0.973 bits per heavy atom. The van der Waals surface area contributed by atoms with Crippen LogP contribution in [-0.4, -0.2) is 27.0 Å². The molecule has 1 aromatic heterocycles. The van der Waals surface area contributed by atoms with Crippen LogP contribution < -0.4 is 5.32 Å². The van der Waals surface area contributed by atoms with Crippen molar-refractivity contribution in [2.45, 2.75) is 51.0 Å². The number of fused-ring (bicyclic) bond motifs is 2. The van der Waals surface area contributed by atoms with Crippen LogP contribution in [0.3, 0.4) is 0 Å². The first kappa shape index (κ1) is 24.6. The zero-order valence-electron chi connectivity index (χ0n) is 20.4. The van der Waals surface area contributed by atoms with E-state index in [1.165, 1.54) is 23.3 Å². The molecule has 1 aliphatic carbocycles. The normalized spacial score (nSPS) is 14.8. The van der Waals surface area contributed by atoms with Gasteiger partial charge in [0.2, 0.25) is 0 Å². The molecular formula is C30H28FN3O3. The number of carbonyl (C=O) groups excluding carboxylic acids is 1. The Morgan fingerprint density at radius 3 is 2.59 bits per heavy atom. The van der Waals surface area contributed by atoms with Crippen LogP contribution in [0.15, 0.2) is 66.7 Å². The third-order valence-corrected chi connectivity index (χ3v) is 6.85. The van der Waals surface area contributed by atoms with Crippen molar-refractivity contribution in [1.82, 2.24) is 15.3 Å². The average molecular weight is 498 g/mol. The topological polar surface area (TPSA) is 92.2 Å². The number of hydrogen-bond acceptors (Lipinski definition) is 4. The molecule has 0 aliphatic heterocycles. The van der Waals surface area contributed by atoms with E-state index >= 15 is 0 Å². The first-order valence-electron chi connectivity index (χ1n) is 12.6. The predicted octanol–water partition coefficient (Wildman–Crippen LogP) is 6.04. The number of halogens is 1. The highest BCUT2D eigenvalue weighted by Gasteiger charge is 2.22. The summed E-state index contributed by atoms with van der Waals surface area (Å²) in [6, 6.07) is 19.6. The van der Waals surface area contributed by atoms with E-state index in [1.807, 2.05) is 12.1 Å². The molecule has 6 nitrogen and oxygen atoms in total. The van der Waals surface area contributed by atoms with Gasteiger partial charge in [-0.15, -0.1) is 0 Å². The number of amides is 1. The number of benzene rings is 3. The lowest BCUT2D eigenvalue weighted by molar-refractivity contribution is -0.137. The molecule has 37 heavy (non-hydrogen) atoms. The van der Waals surface area contributed by atoms with Gasteiger partial charge in [-0.05, 0) is 92.1 Å². The second kappa shape index (κ2) is 10.9. The van der Waals surface area contributed by atoms with Gasteiger partial charge < -0.3 is 10.4 Å². The Morgan fingerprint density at radius 2 is 1.78 bits per heavy atom. The van der Waals surface area contributed by atoms with E-state index in [1.54, 1.807) is 30.3 Å². The van der Waals surface area contributed by atoms with Gasteiger partial charge in [0.25, 0.3) is 5.91 Å². The maximum absolute atomic E-state index is 13.5. The Labute approximate surface area is 214 Å². The molecule has 0 radical (unpaired) electrons. The van der Waals surface area contributed by atoms with E-state index in [9.17, 15) is 14.0 Å². The molecule has 0 saturated carbocycles. The minimum Gasteiger partial charge on any atom is -0.481 e. The van der Waals surface area contributed by atoms with Crippen molar-refractivity contribution in [3.05, 3.63) is 94.9 Å². The molecule has 1 atom stereocenters. The lowest BCUT2D eigenvalue weighted by Gasteiger charge is -2.26. The van der Waals surface area contributed by atoms with Gasteiger partial charge in [-0.2, -0.15) is 0 Å². The van der Waals surface area contributed by atoms with Gasteiger partial charge in [0.15, 0.2) is 0 Å². The van der Waals surface area contributed by atoms with Crippen molar-refractivity contribution in [2.75, 3.05) is 0 Å². The third kappa shape index (κ3) is 5.66. The van der Waals surface area contributed by atoms with Crippen molar-refractivity contribution in [3.8, 4) is 11.3 Å². The van der Waals surface area contributed by atoms with Crippen LogP contribution in [0, 0.1) is 5.82 Å². The monoisotopic (exact) mass is 497 g/mol. The minimum absolute atomic E-state index is 0.0233. The van der Waals surface area contributed by atoms with E-state index in [4.69, 9.17) is 15.1 Å². The highest BCUT2D eigenvalue weighted by Crippen LogP contribution is 2.30. The number of nitrogens with one attached hydrogen (secondary N) is 1. The lowest BCUT2D eigenvalue weighted by Crippen LogP contribution is -2.31.